The minimum absolute atomic E-state index is 0.237. The Balaban J connectivity index is 1.65. The van der Waals surface area contributed by atoms with Crippen LogP contribution in [0.25, 0.3) is 5.65 Å². The quantitative estimate of drug-likeness (QED) is 0.585. The minimum atomic E-state index is -3.51. The van der Waals surface area contributed by atoms with Crippen molar-refractivity contribution < 1.29 is 13.2 Å². The van der Waals surface area contributed by atoms with E-state index in [1.807, 2.05) is 19.9 Å². The smallest absolute Gasteiger partial charge is 0.243 e. The number of aryl methyl sites for hydroxylation is 2. The average molecular weight is 456 g/mol. The van der Waals surface area contributed by atoms with Crippen molar-refractivity contribution in [3.05, 3.63) is 41.7 Å². The molecule has 3 aromatic rings. The topological polar surface area (TPSA) is 121 Å². The Hall–Kier alpha value is -3.18. The van der Waals surface area contributed by atoms with Crippen LogP contribution in [0.15, 0.2) is 45.5 Å². The molecule has 0 unspecified atom stereocenters. The molecule has 0 aliphatic carbocycles. The van der Waals surface area contributed by atoms with Crippen LogP contribution in [0.4, 0.5) is 17.2 Å². The Morgan fingerprint density at radius 2 is 1.75 bits per heavy atom. The fraction of sp³-hybridized carbons (Fsp3) is 0.381. The fourth-order valence-electron chi connectivity index (χ4n) is 3.70. The van der Waals surface area contributed by atoms with E-state index in [0.717, 1.165) is 30.7 Å². The second-order valence-electron chi connectivity index (χ2n) is 7.81. The SMILES string of the molecule is CC(=O)Nc1nn2c(C)cc(C)nc2c1N=Nc1ccc(S(=O)(=O)N2CCCCC2)cc1. The third-order valence-corrected chi connectivity index (χ3v) is 7.13. The lowest BCUT2D eigenvalue weighted by Crippen LogP contribution is -2.35. The molecule has 10 nitrogen and oxygen atoms in total. The number of fused-ring (bicyclic) bond motifs is 1. The van der Waals surface area contributed by atoms with Gasteiger partial charge in [0.05, 0.1) is 10.6 Å². The first-order valence-corrected chi connectivity index (χ1v) is 11.9. The van der Waals surface area contributed by atoms with Crippen LogP contribution in [0.1, 0.15) is 37.6 Å². The van der Waals surface area contributed by atoms with Crippen molar-refractivity contribution in [2.45, 2.75) is 44.9 Å². The number of nitrogens with one attached hydrogen (secondary N) is 1. The van der Waals surface area contributed by atoms with Gasteiger partial charge in [0.15, 0.2) is 17.2 Å². The maximum absolute atomic E-state index is 12.8. The van der Waals surface area contributed by atoms with E-state index in [9.17, 15) is 13.2 Å². The highest BCUT2D eigenvalue weighted by Gasteiger charge is 2.25. The predicted octanol–water partition coefficient (Wildman–Crippen LogP) is 3.89. The molecule has 0 radical (unpaired) electrons. The van der Waals surface area contributed by atoms with Gasteiger partial charge in [0.1, 0.15) is 0 Å². The Labute approximate surface area is 186 Å². The van der Waals surface area contributed by atoms with Crippen LogP contribution >= 0.6 is 0 Å². The molecule has 0 bridgehead atoms. The number of sulfonamides is 1. The highest BCUT2D eigenvalue weighted by Crippen LogP contribution is 2.32. The van der Waals surface area contributed by atoms with Crippen molar-refractivity contribution >= 4 is 38.8 Å². The van der Waals surface area contributed by atoms with Crippen molar-refractivity contribution in [1.29, 1.82) is 0 Å². The standard InChI is InChI=1S/C21H25N7O3S/c1-14-13-15(2)28-21(22-14)19(20(26-28)23-16(3)29)25-24-17-7-9-18(10-8-17)32(30,31)27-11-5-4-6-12-27/h7-10,13H,4-6,11-12H2,1-3H3,(H,23,26,29). The number of carbonyl (C=O) groups is 1. The summed E-state index contributed by atoms with van der Waals surface area (Å²) in [5.74, 6) is -0.0294. The lowest BCUT2D eigenvalue weighted by Gasteiger charge is -2.25. The van der Waals surface area contributed by atoms with E-state index in [0.29, 0.717) is 30.1 Å². The predicted molar refractivity (Wildman–Crippen MR) is 120 cm³/mol. The maximum atomic E-state index is 12.8. The molecule has 0 atom stereocenters. The summed E-state index contributed by atoms with van der Waals surface area (Å²) in [6, 6.07) is 8.16. The molecule has 0 saturated carbocycles. The first kappa shape index (κ1) is 22.0. The normalized spacial score (nSPS) is 15.5. The highest BCUT2D eigenvalue weighted by molar-refractivity contribution is 7.89. The molecule has 1 saturated heterocycles. The molecular formula is C21H25N7O3S. The van der Waals surface area contributed by atoms with Crippen molar-refractivity contribution in [1.82, 2.24) is 18.9 Å². The van der Waals surface area contributed by atoms with Crippen LogP contribution < -0.4 is 5.32 Å². The molecule has 32 heavy (non-hydrogen) atoms. The number of anilines is 1. The van der Waals surface area contributed by atoms with Crippen LogP contribution in [0.5, 0.6) is 0 Å². The molecule has 1 N–H and O–H groups in total. The van der Waals surface area contributed by atoms with E-state index in [4.69, 9.17) is 0 Å². The van der Waals surface area contributed by atoms with Gasteiger partial charge in [-0.1, -0.05) is 6.42 Å². The number of aromatic nitrogens is 3. The first-order chi connectivity index (χ1) is 15.3. The molecule has 168 valence electrons. The van der Waals surface area contributed by atoms with Gasteiger partial charge in [-0.25, -0.2) is 17.9 Å². The molecule has 1 fully saturated rings. The largest absolute Gasteiger partial charge is 0.307 e. The second-order valence-corrected chi connectivity index (χ2v) is 9.75. The molecule has 1 aliphatic rings. The van der Waals surface area contributed by atoms with Gasteiger partial charge in [-0.15, -0.1) is 10.2 Å². The minimum Gasteiger partial charge on any atom is -0.307 e. The number of hydrogen-bond acceptors (Lipinski definition) is 7. The van der Waals surface area contributed by atoms with Gasteiger partial charge in [0.2, 0.25) is 15.9 Å². The van der Waals surface area contributed by atoms with Gasteiger partial charge in [0.25, 0.3) is 0 Å². The Morgan fingerprint density at radius 3 is 2.41 bits per heavy atom. The van der Waals surface area contributed by atoms with Crippen molar-refractivity contribution in [2.24, 2.45) is 10.2 Å². The monoisotopic (exact) mass is 455 g/mol. The molecule has 1 amide bonds. The molecule has 4 rings (SSSR count). The van der Waals surface area contributed by atoms with Gasteiger partial charge < -0.3 is 5.32 Å². The van der Waals surface area contributed by atoms with Gasteiger partial charge in [-0.05, 0) is 57.0 Å². The number of carbonyl (C=O) groups excluding carboxylic acids is 1. The lowest BCUT2D eigenvalue weighted by molar-refractivity contribution is -0.114. The average Bonchev–Trinajstić information content (AvgIpc) is 3.10. The Morgan fingerprint density at radius 1 is 1.06 bits per heavy atom. The molecule has 1 aliphatic heterocycles. The zero-order chi connectivity index (χ0) is 22.9. The molecule has 0 spiro atoms. The number of rotatable bonds is 5. The van der Waals surface area contributed by atoms with Gasteiger partial charge in [-0.3, -0.25) is 4.79 Å². The van der Waals surface area contributed by atoms with Gasteiger partial charge in [-0.2, -0.15) is 9.42 Å². The first-order valence-electron chi connectivity index (χ1n) is 10.4. The summed E-state index contributed by atoms with van der Waals surface area (Å²) in [6.45, 7) is 6.24. The Bertz CT molecular complexity index is 1290. The van der Waals surface area contributed by atoms with Crippen molar-refractivity contribution in [3.63, 3.8) is 0 Å². The number of nitrogens with zero attached hydrogens (tertiary/aromatic N) is 6. The molecule has 11 heteroatoms. The van der Waals surface area contributed by atoms with Crippen molar-refractivity contribution in [2.75, 3.05) is 18.4 Å². The third kappa shape index (κ3) is 4.39. The molecule has 2 aromatic heterocycles. The highest BCUT2D eigenvalue weighted by atomic mass is 32.2. The third-order valence-electron chi connectivity index (χ3n) is 5.22. The molecule has 3 heterocycles. The van der Waals surface area contributed by atoms with E-state index in [-0.39, 0.29) is 16.6 Å². The van der Waals surface area contributed by atoms with Crippen LogP contribution in [0.3, 0.4) is 0 Å². The molecular weight excluding hydrogens is 430 g/mol. The number of azo groups is 1. The Kier molecular flexibility index (Phi) is 6.02. The van der Waals surface area contributed by atoms with Gasteiger partial charge in [0, 0.05) is 31.4 Å². The summed E-state index contributed by atoms with van der Waals surface area (Å²) < 4.78 is 28.8. The van der Waals surface area contributed by atoms with E-state index >= 15 is 0 Å². The summed E-state index contributed by atoms with van der Waals surface area (Å²) >= 11 is 0. The number of hydrogen-bond donors (Lipinski definition) is 1. The summed E-state index contributed by atoms with van der Waals surface area (Å²) in [7, 11) is -3.51. The zero-order valence-corrected chi connectivity index (χ0v) is 19.1. The number of amides is 1. The lowest BCUT2D eigenvalue weighted by atomic mass is 10.2. The van der Waals surface area contributed by atoms with E-state index < -0.39 is 10.0 Å². The van der Waals surface area contributed by atoms with Crippen LogP contribution in [0.2, 0.25) is 0 Å². The fourth-order valence-corrected chi connectivity index (χ4v) is 5.22. The van der Waals surface area contributed by atoms with Gasteiger partial charge >= 0.3 is 0 Å². The zero-order valence-electron chi connectivity index (χ0n) is 18.2. The molecule has 1 aromatic carbocycles. The van der Waals surface area contributed by atoms with E-state index in [1.165, 1.54) is 23.4 Å². The summed E-state index contributed by atoms with van der Waals surface area (Å²) in [4.78, 5) is 16.3. The second kappa shape index (κ2) is 8.75. The van der Waals surface area contributed by atoms with Crippen LogP contribution in [-0.4, -0.2) is 46.3 Å². The van der Waals surface area contributed by atoms with E-state index in [2.05, 4.69) is 25.6 Å². The van der Waals surface area contributed by atoms with Crippen LogP contribution in [-0.2, 0) is 14.8 Å². The summed E-state index contributed by atoms with van der Waals surface area (Å²) in [5, 5.41) is 15.6. The summed E-state index contributed by atoms with van der Waals surface area (Å²) in [6.07, 6.45) is 2.83. The summed E-state index contributed by atoms with van der Waals surface area (Å²) in [5.41, 5.74) is 2.90. The van der Waals surface area contributed by atoms with E-state index in [1.54, 1.807) is 16.6 Å². The number of piperidine rings is 1. The number of benzene rings is 1. The van der Waals surface area contributed by atoms with Crippen molar-refractivity contribution in [3.8, 4) is 0 Å². The van der Waals surface area contributed by atoms with Crippen LogP contribution in [0, 0.1) is 13.8 Å². The maximum Gasteiger partial charge on any atom is 0.243 e.